The van der Waals surface area contributed by atoms with Crippen LogP contribution in [0, 0.1) is 0 Å². The highest BCUT2D eigenvalue weighted by Gasteiger charge is 2.17. The number of halogens is 1. The Morgan fingerprint density at radius 3 is 3.06 bits per heavy atom. The van der Waals surface area contributed by atoms with Gasteiger partial charge in [0.1, 0.15) is 5.75 Å². The first kappa shape index (κ1) is 13.2. The molecule has 0 aliphatic carbocycles. The van der Waals surface area contributed by atoms with Gasteiger partial charge >= 0.3 is 0 Å². The largest absolute Gasteiger partial charge is 0.496 e. The predicted octanol–water partition coefficient (Wildman–Crippen LogP) is 1.72. The summed E-state index contributed by atoms with van der Waals surface area (Å²) in [6.45, 7) is 1.37. The number of benzene rings is 1. The van der Waals surface area contributed by atoms with Gasteiger partial charge in [-0.2, -0.15) is 0 Å². The van der Waals surface area contributed by atoms with Crippen molar-refractivity contribution in [2.24, 2.45) is 0 Å². The molecule has 1 atom stereocenters. The van der Waals surface area contributed by atoms with Crippen LogP contribution in [-0.4, -0.2) is 25.6 Å². The van der Waals surface area contributed by atoms with Crippen LogP contribution in [0.5, 0.6) is 5.75 Å². The number of hydrogen-bond acceptors (Lipinski definition) is 3. The Kier molecular flexibility index (Phi) is 4.44. The van der Waals surface area contributed by atoms with Gasteiger partial charge in [0.2, 0.25) is 5.91 Å². The molecule has 1 aromatic rings. The van der Waals surface area contributed by atoms with Gasteiger partial charge < -0.3 is 15.4 Å². The highest BCUT2D eigenvalue weighted by atomic mass is 35.5. The molecule has 1 amide bonds. The molecule has 2 N–H and O–H groups in total. The summed E-state index contributed by atoms with van der Waals surface area (Å²) in [5.41, 5.74) is 1.03. The average Bonchev–Trinajstić information content (AvgIpc) is 2.38. The monoisotopic (exact) mass is 268 g/mol. The zero-order chi connectivity index (χ0) is 13.0. The topological polar surface area (TPSA) is 50.4 Å². The van der Waals surface area contributed by atoms with Gasteiger partial charge in [-0.3, -0.25) is 4.79 Å². The van der Waals surface area contributed by atoms with Crippen LogP contribution in [0.3, 0.4) is 0 Å². The van der Waals surface area contributed by atoms with Crippen molar-refractivity contribution in [3.05, 3.63) is 28.8 Å². The molecule has 4 nitrogen and oxygen atoms in total. The second-order valence-corrected chi connectivity index (χ2v) is 4.81. The van der Waals surface area contributed by atoms with Gasteiger partial charge in [-0.15, -0.1) is 0 Å². The molecule has 0 spiro atoms. The smallest absolute Gasteiger partial charge is 0.220 e. The van der Waals surface area contributed by atoms with Crippen molar-refractivity contribution in [3.63, 3.8) is 0 Å². The molecule has 1 fully saturated rings. The Hall–Kier alpha value is -1.26. The van der Waals surface area contributed by atoms with E-state index in [1.54, 1.807) is 7.11 Å². The average molecular weight is 269 g/mol. The van der Waals surface area contributed by atoms with Gasteiger partial charge in [-0.1, -0.05) is 11.6 Å². The lowest BCUT2D eigenvalue weighted by atomic mass is 10.1. The summed E-state index contributed by atoms with van der Waals surface area (Å²) in [6.07, 6.45) is 1.46. The third kappa shape index (κ3) is 3.37. The second-order valence-electron chi connectivity index (χ2n) is 4.38. The first-order chi connectivity index (χ1) is 8.69. The molecule has 0 radical (unpaired) electrons. The minimum atomic E-state index is 0.133. The molecule has 98 valence electrons. The molecule has 0 aromatic heterocycles. The van der Waals surface area contributed by atoms with Crippen molar-refractivity contribution in [1.29, 1.82) is 0 Å². The summed E-state index contributed by atoms with van der Waals surface area (Å²) in [5.74, 6) is 0.958. The van der Waals surface area contributed by atoms with Crippen LogP contribution >= 0.6 is 11.6 Å². The first-order valence-corrected chi connectivity index (χ1v) is 6.39. The molecular weight excluding hydrogens is 252 g/mol. The lowest BCUT2D eigenvalue weighted by molar-refractivity contribution is -0.122. The number of methoxy groups -OCH3 is 1. The minimum absolute atomic E-state index is 0.133. The number of carbonyl (C=O) groups is 1. The van der Waals surface area contributed by atoms with Gasteiger partial charge in [-0.05, 0) is 24.6 Å². The summed E-state index contributed by atoms with van der Waals surface area (Å²) in [5, 5.41) is 6.96. The van der Waals surface area contributed by atoms with Crippen molar-refractivity contribution >= 4 is 17.5 Å². The zero-order valence-corrected chi connectivity index (χ0v) is 11.1. The molecule has 2 rings (SSSR count). The van der Waals surface area contributed by atoms with E-state index in [9.17, 15) is 4.79 Å². The molecule has 1 aliphatic heterocycles. The van der Waals surface area contributed by atoms with E-state index < -0.39 is 0 Å². The van der Waals surface area contributed by atoms with Gasteiger partial charge in [0.25, 0.3) is 0 Å². The van der Waals surface area contributed by atoms with Crippen molar-refractivity contribution in [2.75, 3.05) is 13.7 Å². The van der Waals surface area contributed by atoms with E-state index in [1.165, 1.54) is 0 Å². The van der Waals surface area contributed by atoms with Crippen LogP contribution in [0.2, 0.25) is 5.02 Å². The third-order valence-electron chi connectivity index (χ3n) is 3.09. The fourth-order valence-electron chi connectivity index (χ4n) is 2.05. The Balaban J connectivity index is 1.93. The van der Waals surface area contributed by atoms with E-state index >= 15 is 0 Å². The summed E-state index contributed by atoms with van der Waals surface area (Å²) >= 11 is 5.97. The predicted molar refractivity (Wildman–Crippen MR) is 70.9 cm³/mol. The molecule has 18 heavy (non-hydrogen) atoms. The van der Waals surface area contributed by atoms with Crippen molar-refractivity contribution in [1.82, 2.24) is 10.6 Å². The Labute approximate surface area is 112 Å². The quantitative estimate of drug-likeness (QED) is 0.874. The van der Waals surface area contributed by atoms with Gasteiger partial charge in [-0.25, -0.2) is 0 Å². The minimum Gasteiger partial charge on any atom is -0.496 e. The first-order valence-electron chi connectivity index (χ1n) is 6.01. The van der Waals surface area contributed by atoms with Gasteiger partial charge in [0.05, 0.1) is 7.11 Å². The highest BCUT2D eigenvalue weighted by Crippen LogP contribution is 2.22. The molecule has 5 heteroatoms. The van der Waals surface area contributed by atoms with Gasteiger partial charge in [0, 0.05) is 36.1 Å². The standard InChI is InChI=1S/C13H17ClN2O2/c1-18-12-4-2-10(14)6-9(12)7-15-11-3-5-13(17)16-8-11/h2,4,6,11,15H,3,5,7-8H2,1H3,(H,16,17). The highest BCUT2D eigenvalue weighted by molar-refractivity contribution is 6.30. The number of rotatable bonds is 4. The maximum atomic E-state index is 11.1. The molecule has 1 heterocycles. The summed E-state index contributed by atoms with van der Waals surface area (Å²) in [6, 6.07) is 5.88. The van der Waals surface area contributed by atoms with E-state index in [4.69, 9.17) is 16.3 Å². The van der Waals surface area contributed by atoms with Crippen molar-refractivity contribution < 1.29 is 9.53 Å². The maximum Gasteiger partial charge on any atom is 0.220 e. The molecule has 1 aliphatic rings. The summed E-state index contributed by atoms with van der Waals surface area (Å²) in [7, 11) is 1.65. The van der Waals surface area contributed by atoms with Crippen molar-refractivity contribution in [2.45, 2.75) is 25.4 Å². The molecular formula is C13H17ClN2O2. The van der Waals surface area contributed by atoms with Crippen LogP contribution < -0.4 is 15.4 Å². The van der Waals surface area contributed by atoms with E-state index in [-0.39, 0.29) is 5.91 Å². The Morgan fingerprint density at radius 2 is 2.39 bits per heavy atom. The Bertz CT molecular complexity index is 427. The normalized spacial score (nSPS) is 19.4. The zero-order valence-electron chi connectivity index (χ0n) is 10.3. The lowest BCUT2D eigenvalue weighted by Crippen LogP contribution is -2.45. The number of ether oxygens (including phenoxy) is 1. The SMILES string of the molecule is COc1ccc(Cl)cc1CNC1CCC(=O)NC1. The van der Waals surface area contributed by atoms with Crippen molar-refractivity contribution in [3.8, 4) is 5.75 Å². The fraction of sp³-hybridized carbons (Fsp3) is 0.462. The molecule has 0 saturated carbocycles. The summed E-state index contributed by atoms with van der Waals surface area (Å²) in [4.78, 5) is 11.1. The van der Waals surface area contributed by atoms with Crippen LogP contribution in [0.1, 0.15) is 18.4 Å². The van der Waals surface area contributed by atoms with Crippen LogP contribution in [0.25, 0.3) is 0 Å². The number of nitrogens with one attached hydrogen (secondary N) is 2. The van der Waals surface area contributed by atoms with E-state index in [0.29, 0.717) is 30.6 Å². The molecule has 1 aromatic carbocycles. The van der Waals surface area contributed by atoms with Crippen LogP contribution in [0.15, 0.2) is 18.2 Å². The lowest BCUT2D eigenvalue weighted by Gasteiger charge is -2.24. The van der Waals surface area contributed by atoms with Crippen LogP contribution in [-0.2, 0) is 11.3 Å². The Morgan fingerprint density at radius 1 is 1.56 bits per heavy atom. The number of amides is 1. The number of piperidine rings is 1. The van der Waals surface area contributed by atoms with E-state index in [2.05, 4.69) is 10.6 Å². The number of carbonyl (C=O) groups excluding carboxylic acids is 1. The fourth-order valence-corrected chi connectivity index (χ4v) is 2.24. The molecule has 0 bridgehead atoms. The molecule has 1 saturated heterocycles. The second kappa shape index (κ2) is 6.07. The van der Waals surface area contributed by atoms with Gasteiger partial charge in [0.15, 0.2) is 0 Å². The van der Waals surface area contributed by atoms with Crippen LogP contribution in [0.4, 0.5) is 0 Å². The maximum absolute atomic E-state index is 11.1. The molecule has 1 unspecified atom stereocenters. The number of hydrogen-bond donors (Lipinski definition) is 2. The van der Waals surface area contributed by atoms with E-state index in [0.717, 1.165) is 17.7 Å². The third-order valence-corrected chi connectivity index (χ3v) is 3.32. The summed E-state index contributed by atoms with van der Waals surface area (Å²) < 4.78 is 5.29. The van der Waals surface area contributed by atoms with E-state index in [1.807, 2.05) is 18.2 Å².